The van der Waals surface area contributed by atoms with E-state index in [1.165, 1.54) is 5.56 Å². The standard InChI is InChI=1S/C23H27N9O/c1-15-11-31(19-9-22(33)28(4)20-13-29(8-7-24)27-23(19)20)16(2)10-30(15)17(3)18-5-6-21-25-14-26-32(21)12-18/h5-6,9,12-17H,8,10-11H2,1-4H3/t15-,16+,17?/m1/s1. The molecular formula is C23H27N9O. The van der Waals surface area contributed by atoms with Crippen LogP contribution in [-0.2, 0) is 13.6 Å². The lowest BCUT2D eigenvalue weighted by molar-refractivity contribution is 0.119. The fourth-order valence-electron chi connectivity index (χ4n) is 4.91. The van der Waals surface area contributed by atoms with E-state index in [4.69, 9.17) is 5.26 Å². The molecule has 0 saturated carbocycles. The van der Waals surface area contributed by atoms with Crippen molar-refractivity contribution in [1.82, 2.24) is 33.8 Å². The van der Waals surface area contributed by atoms with Crippen molar-refractivity contribution in [3.05, 3.63) is 52.8 Å². The van der Waals surface area contributed by atoms with Crippen molar-refractivity contribution in [1.29, 1.82) is 5.26 Å². The zero-order chi connectivity index (χ0) is 23.3. The molecule has 5 rings (SSSR count). The Morgan fingerprint density at radius 3 is 2.82 bits per heavy atom. The molecule has 5 heterocycles. The number of fused-ring (bicyclic) bond motifs is 2. The Hall–Kier alpha value is -3.71. The average Bonchev–Trinajstić information content (AvgIpc) is 3.44. The van der Waals surface area contributed by atoms with E-state index in [9.17, 15) is 4.79 Å². The minimum Gasteiger partial charge on any atom is -0.364 e. The van der Waals surface area contributed by atoms with Gasteiger partial charge in [-0.3, -0.25) is 14.4 Å². The fourth-order valence-corrected chi connectivity index (χ4v) is 4.91. The Bertz CT molecular complexity index is 1430. The number of piperazine rings is 1. The predicted octanol–water partition coefficient (Wildman–Crippen LogP) is 1.96. The minimum absolute atomic E-state index is 0.0780. The van der Waals surface area contributed by atoms with Crippen LogP contribution in [-0.4, -0.2) is 59.0 Å². The summed E-state index contributed by atoms with van der Waals surface area (Å²) < 4.78 is 5.00. The maximum atomic E-state index is 12.7. The third-order valence-corrected chi connectivity index (χ3v) is 6.79. The molecule has 3 atom stereocenters. The largest absolute Gasteiger partial charge is 0.364 e. The van der Waals surface area contributed by atoms with Gasteiger partial charge in [0.25, 0.3) is 5.56 Å². The molecule has 4 aromatic rings. The van der Waals surface area contributed by atoms with E-state index < -0.39 is 0 Å². The first-order valence-electron chi connectivity index (χ1n) is 11.1. The number of aromatic nitrogens is 6. The summed E-state index contributed by atoms with van der Waals surface area (Å²) in [5.41, 5.74) is 4.27. The van der Waals surface area contributed by atoms with Crippen molar-refractivity contribution in [2.45, 2.75) is 45.4 Å². The van der Waals surface area contributed by atoms with Crippen molar-refractivity contribution < 1.29 is 0 Å². The molecule has 0 aliphatic carbocycles. The first-order chi connectivity index (χ1) is 15.9. The quantitative estimate of drug-likeness (QED) is 0.473. The predicted molar refractivity (Wildman–Crippen MR) is 125 cm³/mol. The Kier molecular flexibility index (Phi) is 5.13. The van der Waals surface area contributed by atoms with Gasteiger partial charge in [0, 0.05) is 50.5 Å². The van der Waals surface area contributed by atoms with Crippen LogP contribution in [0, 0.1) is 11.3 Å². The van der Waals surface area contributed by atoms with Gasteiger partial charge >= 0.3 is 0 Å². The van der Waals surface area contributed by atoms with Crippen molar-refractivity contribution in [3.8, 4) is 6.07 Å². The first kappa shape index (κ1) is 21.2. The third kappa shape index (κ3) is 3.54. The summed E-state index contributed by atoms with van der Waals surface area (Å²) in [6.45, 7) is 8.38. The van der Waals surface area contributed by atoms with Crippen molar-refractivity contribution in [3.63, 3.8) is 0 Å². The summed E-state index contributed by atoms with van der Waals surface area (Å²) >= 11 is 0. The molecule has 0 aromatic carbocycles. The normalized spacial score (nSPS) is 20.4. The lowest BCUT2D eigenvalue weighted by atomic mass is 10.0. The Morgan fingerprint density at radius 2 is 2.03 bits per heavy atom. The lowest BCUT2D eigenvalue weighted by Crippen LogP contribution is -2.57. The van der Waals surface area contributed by atoms with Crippen LogP contribution >= 0.6 is 0 Å². The number of hydrogen-bond donors (Lipinski definition) is 0. The summed E-state index contributed by atoms with van der Waals surface area (Å²) in [6, 6.07) is 8.54. The molecule has 1 aliphatic rings. The van der Waals surface area contributed by atoms with Gasteiger partial charge in [-0.1, -0.05) is 6.07 Å². The average molecular weight is 446 g/mol. The van der Waals surface area contributed by atoms with E-state index >= 15 is 0 Å². The highest BCUT2D eigenvalue weighted by Gasteiger charge is 2.34. The van der Waals surface area contributed by atoms with Crippen LogP contribution in [0.3, 0.4) is 0 Å². The van der Waals surface area contributed by atoms with Crippen LogP contribution in [0.5, 0.6) is 0 Å². The molecule has 1 unspecified atom stereocenters. The number of rotatable bonds is 4. The molecule has 0 amide bonds. The summed E-state index contributed by atoms with van der Waals surface area (Å²) in [5, 5.41) is 18.0. The number of nitriles is 1. The molecule has 0 N–H and O–H groups in total. The zero-order valence-corrected chi connectivity index (χ0v) is 19.3. The van der Waals surface area contributed by atoms with Gasteiger partial charge in [0.05, 0.1) is 23.5 Å². The SMILES string of the molecule is CC(c1ccc2ncnn2c1)N1C[C@H](C)N(c2cc(=O)n(C)c3cn(CC#N)nc23)C[C@H]1C. The smallest absolute Gasteiger partial charge is 0.252 e. The van der Waals surface area contributed by atoms with Gasteiger partial charge in [0.1, 0.15) is 18.4 Å². The highest BCUT2D eigenvalue weighted by molar-refractivity contribution is 5.88. The Labute approximate surface area is 191 Å². The molecule has 4 aromatic heterocycles. The van der Waals surface area contributed by atoms with Gasteiger partial charge in [-0.2, -0.15) is 15.5 Å². The number of anilines is 1. The van der Waals surface area contributed by atoms with Gasteiger partial charge in [0.15, 0.2) is 5.65 Å². The van der Waals surface area contributed by atoms with Crippen LogP contribution in [0.15, 0.2) is 41.7 Å². The molecule has 0 radical (unpaired) electrons. The molecule has 33 heavy (non-hydrogen) atoms. The summed E-state index contributed by atoms with van der Waals surface area (Å²) in [6.07, 6.45) is 5.38. The molecule has 1 fully saturated rings. The third-order valence-electron chi connectivity index (χ3n) is 6.79. The van der Waals surface area contributed by atoms with Crippen LogP contribution in [0.1, 0.15) is 32.4 Å². The first-order valence-corrected chi connectivity index (χ1v) is 11.1. The van der Waals surface area contributed by atoms with Gasteiger partial charge in [-0.05, 0) is 32.4 Å². The summed E-state index contributed by atoms with van der Waals surface area (Å²) in [4.78, 5) is 21.7. The van der Waals surface area contributed by atoms with E-state index in [1.54, 1.807) is 34.9 Å². The summed E-state index contributed by atoms with van der Waals surface area (Å²) in [5.74, 6) is 0. The second-order valence-electron chi connectivity index (χ2n) is 8.89. The van der Waals surface area contributed by atoms with Crippen LogP contribution in [0.25, 0.3) is 16.7 Å². The van der Waals surface area contributed by atoms with E-state index in [0.29, 0.717) is 0 Å². The molecule has 170 valence electrons. The second kappa shape index (κ2) is 8.01. The number of aryl methyl sites for hydroxylation is 1. The van der Waals surface area contributed by atoms with Crippen molar-refractivity contribution >= 4 is 22.4 Å². The number of pyridine rings is 2. The highest BCUT2D eigenvalue weighted by Crippen LogP contribution is 2.32. The molecule has 1 aliphatic heterocycles. The molecule has 10 nitrogen and oxygen atoms in total. The van der Waals surface area contributed by atoms with Gasteiger partial charge in [-0.15, -0.1) is 0 Å². The molecule has 10 heteroatoms. The monoisotopic (exact) mass is 445 g/mol. The molecule has 0 bridgehead atoms. The van der Waals surface area contributed by atoms with Crippen LogP contribution in [0.4, 0.5) is 5.69 Å². The van der Waals surface area contributed by atoms with Gasteiger partial charge in [-0.25, -0.2) is 9.50 Å². The molecule has 0 spiro atoms. The van der Waals surface area contributed by atoms with Gasteiger partial charge < -0.3 is 9.47 Å². The topological polar surface area (TPSA) is 100 Å². The number of hydrogen-bond acceptors (Lipinski definition) is 7. The molecule has 1 saturated heterocycles. The van der Waals surface area contributed by atoms with E-state index in [1.807, 2.05) is 16.8 Å². The van der Waals surface area contributed by atoms with E-state index in [0.717, 1.165) is 35.5 Å². The highest BCUT2D eigenvalue weighted by atomic mass is 16.1. The van der Waals surface area contributed by atoms with E-state index in [-0.39, 0.29) is 30.2 Å². The van der Waals surface area contributed by atoms with Crippen LogP contribution in [0.2, 0.25) is 0 Å². The zero-order valence-electron chi connectivity index (χ0n) is 19.3. The minimum atomic E-state index is -0.0780. The lowest BCUT2D eigenvalue weighted by Gasteiger charge is -2.47. The van der Waals surface area contributed by atoms with Gasteiger partial charge in [0.2, 0.25) is 0 Å². The maximum Gasteiger partial charge on any atom is 0.252 e. The Balaban J connectivity index is 1.46. The van der Waals surface area contributed by atoms with Crippen LogP contribution < -0.4 is 10.5 Å². The molecular weight excluding hydrogens is 418 g/mol. The van der Waals surface area contributed by atoms with Crippen molar-refractivity contribution in [2.24, 2.45) is 7.05 Å². The summed E-state index contributed by atoms with van der Waals surface area (Å²) in [7, 11) is 1.74. The Morgan fingerprint density at radius 1 is 1.21 bits per heavy atom. The van der Waals surface area contributed by atoms with E-state index in [2.05, 4.69) is 57.9 Å². The van der Waals surface area contributed by atoms with Crippen molar-refractivity contribution in [2.75, 3.05) is 18.0 Å². The number of nitrogens with zero attached hydrogens (tertiary/aromatic N) is 9. The second-order valence-corrected chi connectivity index (χ2v) is 8.89. The fraction of sp³-hybridized carbons (Fsp3) is 0.435. The maximum absolute atomic E-state index is 12.7.